The smallest absolute Gasteiger partial charge is 0.387 e. The largest absolute Gasteiger partial charge is 0.452 e. The summed E-state index contributed by atoms with van der Waals surface area (Å²) in [7, 11) is 0. The van der Waals surface area contributed by atoms with Crippen LogP contribution in [0.5, 0.6) is 5.75 Å². The first-order valence-electron chi connectivity index (χ1n) is 10.2. The lowest BCUT2D eigenvalue weighted by atomic mass is 10.1. The van der Waals surface area contributed by atoms with Crippen molar-refractivity contribution in [3.05, 3.63) is 59.2 Å². The lowest BCUT2D eigenvalue weighted by Crippen LogP contribution is -2.31. The molecule has 1 aliphatic heterocycles. The highest BCUT2D eigenvalue weighted by Gasteiger charge is 2.35. The average molecular weight is 460 g/mol. The van der Waals surface area contributed by atoms with E-state index in [1.807, 2.05) is 13.8 Å². The summed E-state index contributed by atoms with van der Waals surface area (Å²) in [6.45, 7) is 0.462. The van der Waals surface area contributed by atoms with E-state index < -0.39 is 36.9 Å². The Balaban J connectivity index is 1.62. The van der Waals surface area contributed by atoms with Crippen LogP contribution in [-0.4, -0.2) is 48.4 Å². The van der Waals surface area contributed by atoms with E-state index in [-0.39, 0.29) is 34.7 Å². The Labute approximate surface area is 188 Å². The molecule has 0 spiro atoms. The van der Waals surface area contributed by atoms with Crippen molar-refractivity contribution in [3.63, 3.8) is 0 Å². The first-order chi connectivity index (χ1) is 15.7. The highest BCUT2D eigenvalue weighted by atomic mass is 19.3. The maximum Gasteiger partial charge on any atom is 0.387 e. The number of nitrogens with one attached hydrogen (secondary N) is 1. The van der Waals surface area contributed by atoms with Gasteiger partial charge in [0.1, 0.15) is 5.75 Å². The number of hydrogen-bond acceptors (Lipinski definition) is 6. The predicted molar refractivity (Wildman–Crippen MR) is 113 cm³/mol. The molecule has 0 unspecified atom stereocenters. The van der Waals surface area contributed by atoms with Crippen LogP contribution in [0.15, 0.2) is 42.5 Å². The number of carbonyl (C=O) groups is 4. The zero-order valence-corrected chi connectivity index (χ0v) is 18.0. The first-order valence-corrected chi connectivity index (χ1v) is 10.2. The minimum atomic E-state index is -3.07. The molecular formula is C23H22F2N2O6. The molecule has 3 amide bonds. The van der Waals surface area contributed by atoms with Crippen molar-refractivity contribution < 1.29 is 37.4 Å². The molecule has 0 aromatic heterocycles. The molecule has 0 atom stereocenters. The molecule has 33 heavy (non-hydrogen) atoms. The van der Waals surface area contributed by atoms with E-state index >= 15 is 0 Å². The summed E-state index contributed by atoms with van der Waals surface area (Å²) in [4.78, 5) is 50.7. The number of halogens is 2. The fourth-order valence-corrected chi connectivity index (χ4v) is 3.18. The highest BCUT2D eigenvalue weighted by molar-refractivity contribution is 6.22. The molecule has 0 fully saturated rings. The Morgan fingerprint density at radius 1 is 1.03 bits per heavy atom. The van der Waals surface area contributed by atoms with Gasteiger partial charge in [0.05, 0.1) is 22.4 Å². The number of para-hydroxylation sites is 2. The van der Waals surface area contributed by atoms with Gasteiger partial charge >= 0.3 is 12.6 Å². The number of hydrogen-bond donors (Lipinski definition) is 1. The van der Waals surface area contributed by atoms with Crippen LogP contribution in [0, 0.1) is 5.92 Å². The van der Waals surface area contributed by atoms with Crippen LogP contribution in [0.2, 0.25) is 0 Å². The van der Waals surface area contributed by atoms with E-state index in [0.717, 1.165) is 4.90 Å². The number of rotatable bonds is 9. The number of ether oxygens (including phenoxy) is 2. The van der Waals surface area contributed by atoms with Gasteiger partial charge in [-0.25, -0.2) is 4.79 Å². The molecule has 0 saturated heterocycles. The summed E-state index contributed by atoms with van der Waals surface area (Å²) in [6, 6.07) is 9.54. The summed E-state index contributed by atoms with van der Waals surface area (Å²) in [5.74, 6) is -2.50. The second-order valence-corrected chi connectivity index (χ2v) is 7.70. The Morgan fingerprint density at radius 3 is 2.42 bits per heavy atom. The number of carbonyl (C=O) groups excluding carboxylic acids is 4. The number of amides is 3. The molecule has 0 saturated carbocycles. The molecule has 1 N–H and O–H groups in total. The molecule has 2 aromatic rings. The van der Waals surface area contributed by atoms with Crippen molar-refractivity contribution in [1.29, 1.82) is 0 Å². The molecule has 1 heterocycles. The first kappa shape index (κ1) is 23.8. The van der Waals surface area contributed by atoms with E-state index in [2.05, 4.69) is 10.1 Å². The van der Waals surface area contributed by atoms with Crippen LogP contribution in [-0.2, 0) is 9.53 Å². The van der Waals surface area contributed by atoms with Gasteiger partial charge in [-0.15, -0.1) is 0 Å². The van der Waals surface area contributed by atoms with Gasteiger partial charge in [0.2, 0.25) is 0 Å². The van der Waals surface area contributed by atoms with Gasteiger partial charge in [-0.1, -0.05) is 26.0 Å². The third-order valence-electron chi connectivity index (χ3n) is 4.85. The normalized spacial score (nSPS) is 12.8. The Bertz CT molecular complexity index is 1090. The van der Waals surface area contributed by atoms with Crippen molar-refractivity contribution in [2.24, 2.45) is 5.92 Å². The number of nitrogens with zero attached hydrogens (tertiary/aromatic N) is 1. The van der Waals surface area contributed by atoms with Crippen LogP contribution in [0.1, 0.15) is 51.3 Å². The van der Waals surface area contributed by atoms with Gasteiger partial charge in [0.25, 0.3) is 17.7 Å². The topological polar surface area (TPSA) is 102 Å². The van der Waals surface area contributed by atoms with Gasteiger partial charge in [-0.05, 0) is 42.7 Å². The maximum atomic E-state index is 12.6. The van der Waals surface area contributed by atoms with Crippen molar-refractivity contribution in [2.45, 2.75) is 26.9 Å². The quantitative estimate of drug-likeness (QED) is 0.452. The zero-order chi connectivity index (χ0) is 24.1. The van der Waals surface area contributed by atoms with Crippen LogP contribution in [0.25, 0.3) is 0 Å². The van der Waals surface area contributed by atoms with E-state index in [1.54, 1.807) is 0 Å². The third kappa shape index (κ3) is 5.71. The highest BCUT2D eigenvalue weighted by Crippen LogP contribution is 2.26. The number of benzene rings is 2. The minimum absolute atomic E-state index is 0.00477. The molecule has 0 radical (unpaired) electrons. The van der Waals surface area contributed by atoms with Gasteiger partial charge < -0.3 is 14.8 Å². The molecule has 174 valence electrons. The fourth-order valence-electron chi connectivity index (χ4n) is 3.18. The molecule has 2 aromatic carbocycles. The summed E-state index contributed by atoms with van der Waals surface area (Å²) < 4.78 is 34.2. The maximum absolute atomic E-state index is 12.6. The molecule has 8 nitrogen and oxygen atoms in total. The second kappa shape index (κ2) is 10.2. The minimum Gasteiger partial charge on any atom is -0.452 e. The van der Waals surface area contributed by atoms with Crippen molar-refractivity contribution in [1.82, 2.24) is 4.90 Å². The van der Waals surface area contributed by atoms with Crippen LogP contribution in [0.4, 0.5) is 14.5 Å². The number of imide groups is 1. The number of anilines is 1. The fraction of sp³-hybridized carbons (Fsp3) is 0.304. The van der Waals surface area contributed by atoms with E-state index in [4.69, 9.17) is 4.74 Å². The molecule has 10 heteroatoms. The number of fused-ring (bicyclic) bond motifs is 1. The summed E-state index contributed by atoms with van der Waals surface area (Å²) in [5, 5.41) is 2.33. The lowest BCUT2D eigenvalue weighted by molar-refractivity contribution is -0.119. The summed E-state index contributed by atoms with van der Waals surface area (Å²) >= 11 is 0. The molecular weight excluding hydrogens is 438 g/mol. The van der Waals surface area contributed by atoms with Crippen molar-refractivity contribution >= 4 is 29.4 Å². The molecule has 3 rings (SSSR count). The van der Waals surface area contributed by atoms with Crippen molar-refractivity contribution in [3.8, 4) is 5.75 Å². The van der Waals surface area contributed by atoms with Gasteiger partial charge in [-0.3, -0.25) is 19.3 Å². The van der Waals surface area contributed by atoms with Gasteiger partial charge in [0.15, 0.2) is 6.61 Å². The average Bonchev–Trinajstić information content (AvgIpc) is 3.00. The van der Waals surface area contributed by atoms with Crippen molar-refractivity contribution in [2.75, 3.05) is 18.5 Å². The Kier molecular flexibility index (Phi) is 7.37. The third-order valence-corrected chi connectivity index (χ3v) is 4.85. The second-order valence-electron chi connectivity index (χ2n) is 7.70. The van der Waals surface area contributed by atoms with Gasteiger partial charge in [0, 0.05) is 6.54 Å². The Morgan fingerprint density at radius 2 is 1.73 bits per heavy atom. The van der Waals surface area contributed by atoms with Gasteiger partial charge in [-0.2, -0.15) is 8.78 Å². The number of alkyl halides is 2. The summed E-state index contributed by atoms with van der Waals surface area (Å²) in [6.07, 6.45) is 0.654. The lowest BCUT2D eigenvalue weighted by Gasteiger charge is -2.14. The molecule has 0 bridgehead atoms. The predicted octanol–water partition coefficient (Wildman–Crippen LogP) is 3.73. The van der Waals surface area contributed by atoms with E-state index in [1.165, 1.54) is 42.5 Å². The van der Waals surface area contributed by atoms with E-state index in [0.29, 0.717) is 12.3 Å². The summed E-state index contributed by atoms with van der Waals surface area (Å²) in [5.41, 5.74) is 0.284. The Hall–Kier alpha value is -3.82. The SMILES string of the molecule is CC(C)CCN1C(=O)c2ccc(C(=O)OCC(=O)Nc3ccccc3OC(F)F)cc2C1=O. The molecule has 0 aliphatic carbocycles. The van der Waals surface area contributed by atoms with E-state index in [9.17, 15) is 28.0 Å². The van der Waals surface area contributed by atoms with Crippen LogP contribution < -0.4 is 10.1 Å². The van der Waals surface area contributed by atoms with Crippen LogP contribution >= 0.6 is 0 Å². The number of esters is 1. The zero-order valence-electron chi connectivity index (χ0n) is 18.0. The molecule has 1 aliphatic rings. The monoisotopic (exact) mass is 460 g/mol. The standard InChI is InChI=1S/C23H22F2N2O6/c1-13(2)9-10-27-20(29)15-8-7-14(11-16(15)21(27)30)22(31)32-12-19(28)26-17-5-3-4-6-18(17)33-23(24)25/h3-8,11,13,23H,9-10,12H2,1-2H3,(H,26,28). The van der Waals surface area contributed by atoms with Crippen LogP contribution in [0.3, 0.4) is 0 Å².